The first-order valence-corrected chi connectivity index (χ1v) is 7.13. The Bertz CT molecular complexity index is 435. The summed E-state index contributed by atoms with van der Waals surface area (Å²) in [7, 11) is 1.58. The van der Waals surface area contributed by atoms with E-state index < -0.39 is 0 Å². The first-order chi connectivity index (χ1) is 9.58. The summed E-state index contributed by atoms with van der Waals surface area (Å²) in [5.74, 6) is 0.684. The molecule has 0 saturated heterocycles. The van der Waals surface area contributed by atoms with Crippen LogP contribution in [-0.2, 0) is 6.54 Å². The van der Waals surface area contributed by atoms with Crippen LogP contribution in [-0.4, -0.2) is 18.1 Å². The first-order valence-electron chi connectivity index (χ1n) is 7.13. The highest BCUT2D eigenvalue weighted by atomic mass is 16.6. The van der Waals surface area contributed by atoms with E-state index in [0.717, 1.165) is 12.0 Å². The van der Waals surface area contributed by atoms with Gasteiger partial charge in [-0.25, -0.2) is 0 Å². The van der Waals surface area contributed by atoms with Crippen molar-refractivity contribution in [1.82, 2.24) is 5.32 Å². The summed E-state index contributed by atoms with van der Waals surface area (Å²) < 4.78 is 5.25. The zero-order chi connectivity index (χ0) is 15.0. The molecule has 1 aromatic carbocycles. The van der Waals surface area contributed by atoms with Crippen molar-refractivity contribution in [3.05, 3.63) is 33.9 Å². The molecule has 0 saturated carbocycles. The molecule has 1 rings (SSSR count). The minimum absolute atomic E-state index is 0.0984. The summed E-state index contributed by atoms with van der Waals surface area (Å²) in [6.07, 6.45) is 4.78. The number of methoxy groups -OCH3 is 1. The molecule has 20 heavy (non-hydrogen) atoms. The molecule has 0 spiro atoms. The van der Waals surface area contributed by atoms with Gasteiger partial charge in [-0.15, -0.1) is 0 Å². The van der Waals surface area contributed by atoms with Gasteiger partial charge in [0.05, 0.1) is 12.0 Å². The molecule has 0 radical (unpaired) electrons. The van der Waals surface area contributed by atoms with Crippen LogP contribution in [0.1, 0.15) is 45.1 Å². The van der Waals surface area contributed by atoms with E-state index in [1.165, 1.54) is 25.3 Å². The number of hydrogen-bond donors (Lipinski definition) is 1. The second kappa shape index (κ2) is 8.53. The largest absolute Gasteiger partial charge is 0.496 e. The molecule has 0 heterocycles. The van der Waals surface area contributed by atoms with Gasteiger partial charge in [-0.1, -0.05) is 26.2 Å². The van der Waals surface area contributed by atoms with Crippen LogP contribution < -0.4 is 10.1 Å². The summed E-state index contributed by atoms with van der Waals surface area (Å²) in [5.41, 5.74) is 0.922. The van der Waals surface area contributed by atoms with Crippen LogP contribution in [0.2, 0.25) is 0 Å². The van der Waals surface area contributed by atoms with E-state index in [1.807, 2.05) is 0 Å². The van der Waals surface area contributed by atoms with E-state index in [1.54, 1.807) is 19.2 Å². The molecular weight excluding hydrogens is 256 g/mol. The van der Waals surface area contributed by atoms with E-state index in [0.29, 0.717) is 18.3 Å². The topological polar surface area (TPSA) is 64.4 Å². The van der Waals surface area contributed by atoms with Crippen molar-refractivity contribution in [2.75, 3.05) is 7.11 Å². The number of nitrogens with one attached hydrogen (secondary N) is 1. The lowest BCUT2D eigenvalue weighted by Crippen LogP contribution is -2.25. The molecule has 1 N–H and O–H groups in total. The van der Waals surface area contributed by atoms with Crippen molar-refractivity contribution in [2.45, 2.75) is 52.1 Å². The first kappa shape index (κ1) is 16.4. The fourth-order valence-electron chi connectivity index (χ4n) is 2.10. The zero-order valence-corrected chi connectivity index (χ0v) is 12.5. The monoisotopic (exact) mass is 280 g/mol. The summed E-state index contributed by atoms with van der Waals surface area (Å²) in [6, 6.07) is 5.08. The van der Waals surface area contributed by atoms with Crippen LogP contribution in [0.5, 0.6) is 5.75 Å². The molecule has 112 valence electrons. The Kier molecular flexibility index (Phi) is 7.01. The van der Waals surface area contributed by atoms with Gasteiger partial charge >= 0.3 is 0 Å². The van der Waals surface area contributed by atoms with Gasteiger partial charge in [0.25, 0.3) is 5.69 Å². The van der Waals surface area contributed by atoms with Gasteiger partial charge < -0.3 is 10.1 Å². The standard InChI is InChI=1S/C15H24N2O3/c1-4-5-6-7-12(2)16-11-13-10-14(17(18)19)8-9-15(13)20-3/h8-10,12,16H,4-7,11H2,1-3H3. The van der Waals surface area contributed by atoms with Gasteiger partial charge in [0, 0.05) is 30.3 Å². The molecule has 0 fully saturated rings. The molecule has 0 aliphatic heterocycles. The van der Waals surface area contributed by atoms with Gasteiger partial charge in [0.15, 0.2) is 0 Å². The van der Waals surface area contributed by atoms with E-state index >= 15 is 0 Å². The van der Waals surface area contributed by atoms with Crippen LogP contribution >= 0.6 is 0 Å². The Morgan fingerprint density at radius 1 is 1.40 bits per heavy atom. The summed E-state index contributed by atoms with van der Waals surface area (Å²) >= 11 is 0. The molecule has 1 atom stereocenters. The van der Waals surface area contributed by atoms with Crippen LogP contribution in [0, 0.1) is 10.1 Å². The molecule has 1 aromatic rings. The van der Waals surface area contributed by atoms with E-state index in [-0.39, 0.29) is 10.6 Å². The summed E-state index contributed by atoms with van der Waals surface area (Å²) in [5, 5.41) is 14.2. The predicted molar refractivity (Wildman–Crippen MR) is 80.1 cm³/mol. The number of nitro benzene ring substituents is 1. The Labute approximate surface area is 120 Å². The zero-order valence-electron chi connectivity index (χ0n) is 12.5. The van der Waals surface area contributed by atoms with E-state index in [4.69, 9.17) is 4.74 Å². The molecule has 5 nitrogen and oxygen atoms in total. The number of ether oxygens (including phenoxy) is 1. The van der Waals surface area contributed by atoms with Crippen LogP contribution in [0.3, 0.4) is 0 Å². The summed E-state index contributed by atoms with van der Waals surface area (Å²) in [4.78, 5) is 10.4. The number of nitro groups is 1. The summed E-state index contributed by atoms with van der Waals surface area (Å²) in [6.45, 7) is 4.91. The number of non-ortho nitro benzene ring substituents is 1. The highest BCUT2D eigenvalue weighted by Crippen LogP contribution is 2.24. The van der Waals surface area contributed by atoms with Gasteiger partial charge in [0.1, 0.15) is 5.75 Å². The quantitative estimate of drug-likeness (QED) is 0.426. The van der Waals surface area contributed by atoms with Crippen molar-refractivity contribution in [1.29, 1.82) is 0 Å². The lowest BCUT2D eigenvalue weighted by molar-refractivity contribution is -0.384. The molecule has 0 aliphatic rings. The third kappa shape index (κ3) is 5.17. The molecule has 0 amide bonds. The van der Waals surface area contributed by atoms with Gasteiger partial charge in [-0.2, -0.15) is 0 Å². The fraction of sp³-hybridized carbons (Fsp3) is 0.600. The number of nitrogens with zero attached hydrogens (tertiary/aromatic N) is 1. The number of benzene rings is 1. The average Bonchev–Trinajstić information content (AvgIpc) is 2.45. The SMILES string of the molecule is CCCCCC(C)NCc1cc([N+](=O)[O-])ccc1OC. The minimum Gasteiger partial charge on any atom is -0.496 e. The van der Waals surface area contributed by atoms with E-state index in [2.05, 4.69) is 19.2 Å². The molecule has 0 aromatic heterocycles. The van der Waals surface area contributed by atoms with Gasteiger partial charge in [0.2, 0.25) is 0 Å². The molecular formula is C15H24N2O3. The Hall–Kier alpha value is -1.62. The molecule has 5 heteroatoms. The number of rotatable bonds is 9. The Morgan fingerprint density at radius 3 is 2.75 bits per heavy atom. The lowest BCUT2D eigenvalue weighted by Gasteiger charge is -2.15. The maximum Gasteiger partial charge on any atom is 0.270 e. The highest BCUT2D eigenvalue weighted by Gasteiger charge is 2.12. The molecule has 0 bridgehead atoms. The molecule has 1 unspecified atom stereocenters. The van der Waals surface area contributed by atoms with Crippen LogP contribution in [0.15, 0.2) is 18.2 Å². The maximum atomic E-state index is 10.8. The number of unbranched alkanes of at least 4 members (excludes halogenated alkanes) is 2. The van der Waals surface area contributed by atoms with Crippen molar-refractivity contribution in [2.24, 2.45) is 0 Å². The Balaban J connectivity index is 2.61. The lowest BCUT2D eigenvalue weighted by atomic mass is 10.1. The van der Waals surface area contributed by atoms with Crippen LogP contribution in [0.25, 0.3) is 0 Å². The second-order valence-electron chi connectivity index (χ2n) is 5.03. The third-order valence-corrected chi connectivity index (χ3v) is 3.36. The van der Waals surface area contributed by atoms with Crippen molar-refractivity contribution >= 4 is 5.69 Å². The second-order valence-corrected chi connectivity index (χ2v) is 5.03. The maximum absolute atomic E-state index is 10.8. The minimum atomic E-state index is -0.381. The average molecular weight is 280 g/mol. The highest BCUT2D eigenvalue weighted by molar-refractivity contribution is 5.43. The van der Waals surface area contributed by atoms with Crippen molar-refractivity contribution in [3.63, 3.8) is 0 Å². The van der Waals surface area contributed by atoms with Crippen molar-refractivity contribution in [3.8, 4) is 5.75 Å². The van der Waals surface area contributed by atoms with Gasteiger partial charge in [-0.3, -0.25) is 10.1 Å². The van der Waals surface area contributed by atoms with Gasteiger partial charge in [-0.05, 0) is 19.4 Å². The fourth-order valence-corrected chi connectivity index (χ4v) is 2.10. The number of hydrogen-bond acceptors (Lipinski definition) is 4. The van der Waals surface area contributed by atoms with Crippen LogP contribution in [0.4, 0.5) is 5.69 Å². The normalized spacial score (nSPS) is 12.2. The smallest absolute Gasteiger partial charge is 0.270 e. The predicted octanol–water partition coefficient (Wildman–Crippen LogP) is 3.66. The van der Waals surface area contributed by atoms with E-state index in [9.17, 15) is 10.1 Å². The Morgan fingerprint density at radius 2 is 2.15 bits per heavy atom. The molecule has 0 aliphatic carbocycles. The third-order valence-electron chi connectivity index (χ3n) is 3.36. The van der Waals surface area contributed by atoms with Crippen molar-refractivity contribution < 1.29 is 9.66 Å².